The monoisotopic (exact) mass is 204 g/mol. The zero-order valence-electron chi connectivity index (χ0n) is 5.56. The topological polar surface area (TPSA) is 34.1 Å². The predicted octanol–water partition coefficient (Wildman–Crippen LogP) is 1.60. The Morgan fingerprint density at radius 1 is 1.55 bits per heavy atom. The Labute approximate surface area is 68.0 Å². The fourth-order valence-electron chi connectivity index (χ4n) is 1.01. The standard InChI is InChI=1S/C5H7ClF2O2S/c6-11(9,10)3-4-1-2-5(4,7)8/h4H,1-3H2/t4-/m1/s1. The van der Waals surface area contributed by atoms with Crippen LogP contribution in [0.4, 0.5) is 8.78 Å². The molecule has 1 rings (SSSR count). The maximum Gasteiger partial charge on any atom is 0.251 e. The Kier molecular flexibility index (Phi) is 2.13. The molecule has 0 aromatic carbocycles. The van der Waals surface area contributed by atoms with Crippen molar-refractivity contribution >= 4 is 19.7 Å². The van der Waals surface area contributed by atoms with E-state index in [1.165, 1.54) is 0 Å². The zero-order valence-corrected chi connectivity index (χ0v) is 7.13. The molecule has 0 aliphatic heterocycles. The summed E-state index contributed by atoms with van der Waals surface area (Å²) in [6.07, 6.45) is 0.0308. The zero-order chi connectivity index (χ0) is 8.70. The van der Waals surface area contributed by atoms with Crippen molar-refractivity contribution < 1.29 is 17.2 Å². The highest BCUT2D eigenvalue weighted by molar-refractivity contribution is 8.13. The smallest absolute Gasteiger partial charge is 0.212 e. The summed E-state index contributed by atoms with van der Waals surface area (Å²) >= 11 is 0. The van der Waals surface area contributed by atoms with E-state index in [9.17, 15) is 17.2 Å². The molecule has 1 aliphatic rings. The van der Waals surface area contributed by atoms with Gasteiger partial charge in [0.05, 0.1) is 5.75 Å². The highest BCUT2D eigenvalue weighted by atomic mass is 35.7. The first-order chi connectivity index (χ1) is 4.81. The Bertz CT molecular complexity index is 249. The summed E-state index contributed by atoms with van der Waals surface area (Å²) in [7, 11) is 1.04. The molecule has 1 atom stereocenters. The van der Waals surface area contributed by atoms with Crippen LogP contribution in [0.2, 0.25) is 0 Å². The van der Waals surface area contributed by atoms with Crippen LogP contribution in [0, 0.1) is 5.92 Å². The molecule has 2 nitrogen and oxygen atoms in total. The molecular formula is C5H7ClF2O2S. The summed E-state index contributed by atoms with van der Waals surface area (Å²) in [5.41, 5.74) is 0. The Morgan fingerprint density at radius 2 is 2.09 bits per heavy atom. The van der Waals surface area contributed by atoms with Gasteiger partial charge in [-0.3, -0.25) is 0 Å². The van der Waals surface area contributed by atoms with Gasteiger partial charge in [-0.1, -0.05) is 0 Å². The summed E-state index contributed by atoms with van der Waals surface area (Å²) in [5.74, 6) is -4.49. The van der Waals surface area contributed by atoms with Crippen molar-refractivity contribution in [2.24, 2.45) is 5.92 Å². The highest BCUT2D eigenvalue weighted by Gasteiger charge is 2.49. The molecule has 1 aliphatic carbocycles. The normalized spacial score (nSPS) is 29.5. The Morgan fingerprint density at radius 3 is 2.18 bits per heavy atom. The summed E-state index contributed by atoms with van der Waals surface area (Å²) in [6, 6.07) is 0. The van der Waals surface area contributed by atoms with Crippen molar-refractivity contribution in [3.8, 4) is 0 Å². The molecule has 0 aromatic rings. The molecular weight excluding hydrogens is 198 g/mol. The van der Waals surface area contributed by atoms with Crippen LogP contribution in [0.1, 0.15) is 12.8 Å². The van der Waals surface area contributed by atoms with E-state index in [4.69, 9.17) is 10.7 Å². The van der Waals surface area contributed by atoms with Crippen LogP contribution in [-0.4, -0.2) is 20.1 Å². The molecule has 0 amide bonds. The van der Waals surface area contributed by atoms with E-state index in [-0.39, 0.29) is 12.8 Å². The summed E-state index contributed by atoms with van der Waals surface area (Å²) in [5, 5.41) is 0. The van der Waals surface area contributed by atoms with Gasteiger partial charge < -0.3 is 0 Å². The molecule has 1 fully saturated rings. The first kappa shape index (κ1) is 9.19. The maximum atomic E-state index is 12.4. The third-order valence-corrected chi connectivity index (χ3v) is 3.00. The van der Waals surface area contributed by atoms with Crippen LogP contribution in [0.25, 0.3) is 0 Å². The Balaban J connectivity index is 2.53. The molecule has 0 bridgehead atoms. The number of halogens is 3. The Hall–Kier alpha value is 0.1000. The van der Waals surface area contributed by atoms with Gasteiger partial charge in [-0.05, 0) is 6.42 Å². The van der Waals surface area contributed by atoms with E-state index < -0.39 is 26.6 Å². The van der Waals surface area contributed by atoms with E-state index in [0.717, 1.165) is 0 Å². The minimum absolute atomic E-state index is 0.218. The fraction of sp³-hybridized carbons (Fsp3) is 1.00. The van der Waals surface area contributed by atoms with Gasteiger partial charge in [0.15, 0.2) is 0 Å². The largest absolute Gasteiger partial charge is 0.251 e. The van der Waals surface area contributed by atoms with Gasteiger partial charge in [0, 0.05) is 23.0 Å². The number of rotatable bonds is 2. The molecule has 0 aromatic heterocycles. The van der Waals surface area contributed by atoms with Crippen molar-refractivity contribution in [3.63, 3.8) is 0 Å². The average Bonchev–Trinajstić information content (AvgIpc) is 1.79. The number of hydrogen-bond donors (Lipinski definition) is 0. The quantitative estimate of drug-likeness (QED) is 0.641. The van der Waals surface area contributed by atoms with Crippen LogP contribution in [0.15, 0.2) is 0 Å². The van der Waals surface area contributed by atoms with Crippen LogP contribution in [0.3, 0.4) is 0 Å². The first-order valence-electron chi connectivity index (χ1n) is 3.11. The van der Waals surface area contributed by atoms with Crippen LogP contribution >= 0.6 is 10.7 Å². The van der Waals surface area contributed by atoms with E-state index in [1.807, 2.05) is 0 Å². The molecule has 0 radical (unpaired) electrons. The van der Waals surface area contributed by atoms with Crippen molar-refractivity contribution in [1.29, 1.82) is 0 Å². The fourth-order valence-corrected chi connectivity index (χ4v) is 2.36. The van der Waals surface area contributed by atoms with Crippen molar-refractivity contribution in [3.05, 3.63) is 0 Å². The van der Waals surface area contributed by atoms with Gasteiger partial charge in [0.25, 0.3) is 5.92 Å². The predicted molar refractivity (Wildman–Crippen MR) is 37.3 cm³/mol. The summed E-state index contributed by atoms with van der Waals surface area (Å²) in [6.45, 7) is 0. The van der Waals surface area contributed by atoms with Gasteiger partial charge in [0.1, 0.15) is 0 Å². The highest BCUT2D eigenvalue weighted by Crippen LogP contribution is 2.44. The lowest BCUT2D eigenvalue weighted by molar-refractivity contribution is -0.122. The number of alkyl halides is 2. The molecule has 11 heavy (non-hydrogen) atoms. The molecule has 66 valence electrons. The molecule has 0 spiro atoms. The van der Waals surface area contributed by atoms with Gasteiger partial charge in [0.2, 0.25) is 9.05 Å². The van der Waals surface area contributed by atoms with Crippen molar-refractivity contribution in [2.75, 3.05) is 5.75 Å². The minimum Gasteiger partial charge on any atom is -0.212 e. The maximum absolute atomic E-state index is 12.4. The third kappa shape index (κ3) is 2.27. The molecule has 1 saturated carbocycles. The molecule has 6 heteroatoms. The second-order valence-electron chi connectivity index (χ2n) is 2.70. The first-order valence-corrected chi connectivity index (χ1v) is 5.59. The summed E-state index contributed by atoms with van der Waals surface area (Å²) < 4.78 is 45.5. The third-order valence-electron chi connectivity index (χ3n) is 1.82. The van der Waals surface area contributed by atoms with E-state index in [2.05, 4.69) is 0 Å². The van der Waals surface area contributed by atoms with E-state index in [1.54, 1.807) is 0 Å². The van der Waals surface area contributed by atoms with Gasteiger partial charge in [-0.15, -0.1) is 0 Å². The SMILES string of the molecule is O=S(=O)(Cl)C[C@H]1CCC1(F)F. The van der Waals surface area contributed by atoms with Crippen molar-refractivity contribution in [1.82, 2.24) is 0 Å². The van der Waals surface area contributed by atoms with Crippen LogP contribution in [-0.2, 0) is 9.05 Å². The minimum atomic E-state index is -3.76. The molecule has 0 N–H and O–H groups in total. The summed E-state index contributed by atoms with van der Waals surface area (Å²) in [4.78, 5) is 0. The van der Waals surface area contributed by atoms with E-state index in [0.29, 0.717) is 0 Å². The lowest BCUT2D eigenvalue weighted by atomic mass is 9.82. The number of hydrogen-bond acceptors (Lipinski definition) is 2. The van der Waals surface area contributed by atoms with E-state index >= 15 is 0 Å². The van der Waals surface area contributed by atoms with Crippen LogP contribution in [0.5, 0.6) is 0 Å². The molecule has 0 heterocycles. The van der Waals surface area contributed by atoms with Gasteiger partial charge in [-0.25, -0.2) is 17.2 Å². The van der Waals surface area contributed by atoms with Crippen LogP contribution < -0.4 is 0 Å². The second-order valence-corrected chi connectivity index (χ2v) is 5.52. The second kappa shape index (κ2) is 2.55. The van der Waals surface area contributed by atoms with Gasteiger partial charge in [-0.2, -0.15) is 0 Å². The molecule has 0 unspecified atom stereocenters. The molecule has 0 saturated heterocycles. The van der Waals surface area contributed by atoms with Crippen molar-refractivity contribution in [2.45, 2.75) is 18.8 Å². The lowest BCUT2D eigenvalue weighted by Gasteiger charge is -2.35. The average molecular weight is 205 g/mol. The van der Waals surface area contributed by atoms with Gasteiger partial charge >= 0.3 is 0 Å². The lowest BCUT2D eigenvalue weighted by Crippen LogP contribution is -2.42.